The van der Waals surface area contributed by atoms with Crippen LogP contribution < -0.4 is 0 Å². The molecule has 2 aromatic rings. The SMILES string of the molecule is CCN(CC)CCn1ccc2ccc(C3CCSCC3)cc21. The quantitative estimate of drug-likeness (QED) is 0.770. The average Bonchev–Trinajstić information content (AvgIpc) is 2.99. The molecule has 2 heterocycles. The van der Waals surface area contributed by atoms with Crippen LogP contribution in [0, 0.1) is 0 Å². The fraction of sp³-hybridized carbons (Fsp3) is 0.579. The highest BCUT2D eigenvalue weighted by atomic mass is 32.2. The molecule has 0 amide bonds. The fourth-order valence-corrected chi connectivity index (χ4v) is 4.58. The molecule has 0 unspecified atom stereocenters. The predicted octanol–water partition coefficient (Wildman–Crippen LogP) is 4.59. The third kappa shape index (κ3) is 3.52. The molecule has 3 rings (SSSR count). The molecule has 1 aromatic carbocycles. The van der Waals surface area contributed by atoms with Gasteiger partial charge in [-0.2, -0.15) is 11.8 Å². The molecule has 1 aliphatic heterocycles. The Kier molecular flexibility index (Phi) is 5.48. The molecule has 1 aromatic heterocycles. The first-order valence-corrected chi connectivity index (χ1v) is 9.86. The Hall–Kier alpha value is -0.930. The van der Waals surface area contributed by atoms with E-state index in [1.54, 1.807) is 5.56 Å². The molecule has 3 heteroatoms. The van der Waals surface area contributed by atoms with Gasteiger partial charge in [0.15, 0.2) is 0 Å². The molecule has 0 saturated carbocycles. The van der Waals surface area contributed by atoms with Crippen molar-refractivity contribution in [3.63, 3.8) is 0 Å². The van der Waals surface area contributed by atoms with Crippen LogP contribution in [-0.4, -0.2) is 40.6 Å². The lowest BCUT2D eigenvalue weighted by atomic mass is 9.93. The highest BCUT2D eigenvalue weighted by molar-refractivity contribution is 7.99. The van der Waals surface area contributed by atoms with Crippen LogP contribution in [0.2, 0.25) is 0 Å². The Morgan fingerprint density at radius 1 is 1.14 bits per heavy atom. The first kappa shape index (κ1) is 15.9. The highest BCUT2D eigenvalue weighted by Gasteiger charge is 2.16. The van der Waals surface area contributed by atoms with Crippen LogP contribution in [0.25, 0.3) is 10.9 Å². The van der Waals surface area contributed by atoms with Gasteiger partial charge in [0, 0.05) is 24.8 Å². The molecule has 22 heavy (non-hydrogen) atoms. The van der Waals surface area contributed by atoms with Crippen molar-refractivity contribution in [2.75, 3.05) is 31.1 Å². The van der Waals surface area contributed by atoms with E-state index in [2.05, 4.69) is 65.5 Å². The Labute approximate surface area is 138 Å². The Morgan fingerprint density at radius 2 is 1.91 bits per heavy atom. The van der Waals surface area contributed by atoms with E-state index in [4.69, 9.17) is 0 Å². The van der Waals surface area contributed by atoms with E-state index in [1.165, 1.54) is 35.3 Å². The third-order valence-corrected chi connectivity index (χ3v) is 6.09. The minimum atomic E-state index is 0.775. The maximum absolute atomic E-state index is 2.49. The van der Waals surface area contributed by atoms with Crippen LogP contribution in [0.3, 0.4) is 0 Å². The summed E-state index contributed by atoms with van der Waals surface area (Å²) in [4.78, 5) is 2.49. The first-order valence-electron chi connectivity index (χ1n) is 8.70. The lowest BCUT2D eigenvalue weighted by Crippen LogP contribution is -2.26. The van der Waals surface area contributed by atoms with E-state index in [1.807, 2.05) is 0 Å². The van der Waals surface area contributed by atoms with Gasteiger partial charge in [0.1, 0.15) is 0 Å². The fourth-order valence-electron chi connectivity index (χ4n) is 3.47. The standard InChI is InChI=1S/C19H28N2S/c1-3-20(4-2)11-12-21-10-7-17-5-6-18(15-19(17)21)16-8-13-22-14-9-16/h5-7,10,15-16H,3-4,8-9,11-14H2,1-2H3. The number of nitrogens with zero attached hydrogens (tertiary/aromatic N) is 2. The summed E-state index contributed by atoms with van der Waals surface area (Å²) in [5, 5.41) is 1.38. The third-order valence-electron chi connectivity index (χ3n) is 5.04. The summed E-state index contributed by atoms with van der Waals surface area (Å²) in [7, 11) is 0. The van der Waals surface area contributed by atoms with Crippen molar-refractivity contribution >= 4 is 22.7 Å². The van der Waals surface area contributed by atoms with E-state index < -0.39 is 0 Å². The van der Waals surface area contributed by atoms with E-state index in [0.29, 0.717) is 0 Å². The van der Waals surface area contributed by atoms with Gasteiger partial charge in [0.2, 0.25) is 0 Å². The summed E-state index contributed by atoms with van der Waals surface area (Å²) >= 11 is 2.11. The minimum Gasteiger partial charge on any atom is -0.346 e. The number of likely N-dealkylation sites (N-methyl/N-ethyl adjacent to an activating group) is 1. The van der Waals surface area contributed by atoms with Crippen molar-refractivity contribution in [3.8, 4) is 0 Å². The molecule has 1 fully saturated rings. The van der Waals surface area contributed by atoms with Gasteiger partial charge < -0.3 is 9.47 Å². The predicted molar refractivity (Wildman–Crippen MR) is 99.0 cm³/mol. The minimum absolute atomic E-state index is 0.775. The van der Waals surface area contributed by atoms with Gasteiger partial charge in [-0.05, 0) is 66.4 Å². The lowest BCUT2D eigenvalue weighted by molar-refractivity contribution is 0.292. The molecular formula is C19H28N2S. The van der Waals surface area contributed by atoms with E-state index >= 15 is 0 Å². The summed E-state index contributed by atoms with van der Waals surface area (Å²) < 4.78 is 2.44. The largest absolute Gasteiger partial charge is 0.346 e. The number of fused-ring (bicyclic) bond motifs is 1. The average molecular weight is 317 g/mol. The molecular weight excluding hydrogens is 288 g/mol. The smallest absolute Gasteiger partial charge is 0.0483 e. The van der Waals surface area contributed by atoms with Crippen LogP contribution in [0.5, 0.6) is 0 Å². The Balaban J connectivity index is 1.79. The number of benzene rings is 1. The molecule has 0 bridgehead atoms. The topological polar surface area (TPSA) is 8.17 Å². The zero-order chi connectivity index (χ0) is 15.4. The summed E-state index contributed by atoms with van der Waals surface area (Å²) in [6.07, 6.45) is 4.95. The van der Waals surface area contributed by atoms with E-state index in [9.17, 15) is 0 Å². The number of aromatic nitrogens is 1. The van der Waals surface area contributed by atoms with Gasteiger partial charge in [0.25, 0.3) is 0 Å². The molecule has 0 atom stereocenters. The number of hydrogen-bond donors (Lipinski definition) is 0. The van der Waals surface area contributed by atoms with Gasteiger partial charge in [-0.3, -0.25) is 0 Å². The second-order valence-electron chi connectivity index (χ2n) is 6.24. The molecule has 1 aliphatic rings. The highest BCUT2D eigenvalue weighted by Crippen LogP contribution is 2.33. The van der Waals surface area contributed by atoms with Crippen molar-refractivity contribution in [2.45, 2.75) is 39.2 Å². The van der Waals surface area contributed by atoms with Crippen molar-refractivity contribution in [1.29, 1.82) is 0 Å². The summed E-state index contributed by atoms with van der Waals surface area (Å²) in [6, 6.07) is 9.40. The summed E-state index contributed by atoms with van der Waals surface area (Å²) in [5.41, 5.74) is 2.97. The number of hydrogen-bond acceptors (Lipinski definition) is 2. The van der Waals surface area contributed by atoms with Crippen LogP contribution in [0.1, 0.15) is 38.2 Å². The van der Waals surface area contributed by atoms with Crippen LogP contribution in [-0.2, 0) is 6.54 Å². The molecule has 0 N–H and O–H groups in total. The summed E-state index contributed by atoms with van der Waals surface area (Å²) in [5.74, 6) is 3.42. The van der Waals surface area contributed by atoms with Gasteiger partial charge >= 0.3 is 0 Å². The van der Waals surface area contributed by atoms with Crippen molar-refractivity contribution < 1.29 is 0 Å². The molecule has 1 saturated heterocycles. The zero-order valence-corrected chi connectivity index (χ0v) is 14.7. The van der Waals surface area contributed by atoms with Gasteiger partial charge in [-0.25, -0.2) is 0 Å². The molecule has 0 aliphatic carbocycles. The molecule has 0 spiro atoms. The zero-order valence-electron chi connectivity index (χ0n) is 13.9. The number of thioether (sulfide) groups is 1. The van der Waals surface area contributed by atoms with Crippen LogP contribution in [0.15, 0.2) is 30.5 Å². The maximum Gasteiger partial charge on any atom is 0.0483 e. The Bertz CT molecular complexity index is 595. The first-order chi connectivity index (χ1) is 10.8. The van der Waals surface area contributed by atoms with E-state index in [0.717, 1.165) is 32.1 Å². The maximum atomic E-state index is 2.49. The van der Waals surface area contributed by atoms with Crippen molar-refractivity contribution in [1.82, 2.24) is 9.47 Å². The van der Waals surface area contributed by atoms with Crippen LogP contribution >= 0.6 is 11.8 Å². The second kappa shape index (κ2) is 7.56. The summed E-state index contributed by atoms with van der Waals surface area (Å²) in [6.45, 7) is 9.00. The van der Waals surface area contributed by atoms with Crippen LogP contribution in [0.4, 0.5) is 0 Å². The Morgan fingerprint density at radius 3 is 2.64 bits per heavy atom. The lowest BCUT2D eigenvalue weighted by Gasteiger charge is -2.22. The van der Waals surface area contributed by atoms with Crippen molar-refractivity contribution in [3.05, 3.63) is 36.0 Å². The monoisotopic (exact) mass is 316 g/mol. The van der Waals surface area contributed by atoms with Gasteiger partial charge in [-0.15, -0.1) is 0 Å². The van der Waals surface area contributed by atoms with E-state index in [-0.39, 0.29) is 0 Å². The molecule has 0 radical (unpaired) electrons. The normalized spacial score (nSPS) is 16.7. The van der Waals surface area contributed by atoms with Gasteiger partial charge in [-0.1, -0.05) is 26.0 Å². The molecule has 120 valence electrons. The molecule has 2 nitrogen and oxygen atoms in total. The second-order valence-corrected chi connectivity index (χ2v) is 7.47. The van der Waals surface area contributed by atoms with Crippen molar-refractivity contribution in [2.24, 2.45) is 0 Å². The number of rotatable bonds is 6. The van der Waals surface area contributed by atoms with Gasteiger partial charge in [0.05, 0.1) is 0 Å².